The maximum atomic E-state index is 12.3. The van der Waals surface area contributed by atoms with Crippen LogP contribution in [0.5, 0.6) is 11.5 Å². The normalized spacial score (nSPS) is 15.3. The van der Waals surface area contributed by atoms with Crippen LogP contribution >= 0.6 is 0 Å². The highest BCUT2D eigenvalue weighted by Crippen LogP contribution is 2.31. The fraction of sp³-hybridized carbons (Fsp3) is 0.200. The Labute approximate surface area is 155 Å². The molecule has 27 heavy (non-hydrogen) atoms. The first-order valence-corrected chi connectivity index (χ1v) is 8.75. The van der Waals surface area contributed by atoms with Gasteiger partial charge in [0.15, 0.2) is 11.5 Å². The molecular formula is C20H19N3O4. The van der Waals surface area contributed by atoms with Crippen LogP contribution in [0.4, 0.5) is 0 Å². The van der Waals surface area contributed by atoms with Crippen LogP contribution < -0.4 is 20.3 Å². The smallest absolute Gasteiger partial charge is 0.271 e. The van der Waals surface area contributed by atoms with E-state index in [0.717, 1.165) is 5.75 Å². The van der Waals surface area contributed by atoms with Crippen molar-refractivity contribution in [1.82, 2.24) is 15.1 Å². The number of amides is 1. The zero-order valence-corrected chi connectivity index (χ0v) is 14.6. The number of carbonyl (C=O) groups is 1. The number of fused-ring (bicyclic) bond motifs is 1. The number of ether oxygens (including phenoxy) is 2. The van der Waals surface area contributed by atoms with Gasteiger partial charge in [0.2, 0.25) is 0 Å². The number of nitrogens with zero attached hydrogens (tertiary/aromatic N) is 1. The van der Waals surface area contributed by atoms with E-state index in [0.29, 0.717) is 31.0 Å². The first kappa shape index (κ1) is 17.0. The number of nitrogens with one attached hydrogen (secondary N) is 2. The van der Waals surface area contributed by atoms with E-state index in [2.05, 4.69) is 10.4 Å². The fourth-order valence-electron chi connectivity index (χ4n) is 2.93. The Bertz CT molecular complexity index is 994. The summed E-state index contributed by atoms with van der Waals surface area (Å²) < 4.78 is 12.9. The molecule has 4 rings (SSSR count). The van der Waals surface area contributed by atoms with Crippen LogP contribution in [0, 0.1) is 0 Å². The molecule has 0 fully saturated rings. The van der Waals surface area contributed by atoms with E-state index in [4.69, 9.17) is 9.47 Å². The Balaban J connectivity index is 1.33. The number of benzene rings is 2. The first-order chi connectivity index (χ1) is 13.2. The maximum absolute atomic E-state index is 12.3. The second-order valence-electron chi connectivity index (χ2n) is 6.22. The summed E-state index contributed by atoms with van der Waals surface area (Å²) in [4.78, 5) is 24.4. The number of H-pyrrole nitrogens is 1. The predicted octanol–water partition coefficient (Wildman–Crippen LogP) is 2.13. The number of rotatable bonds is 5. The molecule has 7 heteroatoms. The van der Waals surface area contributed by atoms with Crippen molar-refractivity contribution < 1.29 is 14.3 Å². The predicted molar refractivity (Wildman–Crippen MR) is 99.7 cm³/mol. The lowest BCUT2D eigenvalue weighted by Crippen LogP contribution is -2.34. The van der Waals surface area contributed by atoms with Crippen molar-refractivity contribution in [2.45, 2.75) is 12.5 Å². The summed E-state index contributed by atoms with van der Waals surface area (Å²) in [5.41, 5.74) is 0.606. The van der Waals surface area contributed by atoms with Crippen LogP contribution in [0.2, 0.25) is 0 Å². The van der Waals surface area contributed by atoms with Gasteiger partial charge in [0.1, 0.15) is 18.4 Å². The zero-order chi connectivity index (χ0) is 18.6. The Morgan fingerprint density at radius 3 is 2.67 bits per heavy atom. The molecule has 2 aromatic carbocycles. The third-order valence-corrected chi connectivity index (χ3v) is 4.30. The molecular weight excluding hydrogens is 346 g/mol. The molecule has 2 N–H and O–H groups in total. The molecule has 7 nitrogen and oxygen atoms in total. The lowest BCUT2D eigenvalue weighted by molar-refractivity contribution is 0.0811. The van der Waals surface area contributed by atoms with E-state index in [1.54, 1.807) is 12.1 Å². The number of para-hydroxylation sites is 3. The Hall–Kier alpha value is -3.48. The van der Waals surface area contributed by atoms with Gasteiger partial charge >= 0.3 is 0 Å². The Morgan fingerprint density at radius 1 is 1.11 bits per heavy atom. The summed E-state index contributed by atoms with van der Waals surface area (Å²) in [5.74, 6) is 1.11. The van der Waals surface area contributed by atoms with E-state index in [9.17, 15) is 9.59 Å². The van der Waals surface area contributed by atoms with Crippen molar-refractivity contribution in [2.75, 3.05) is 13.2 Å². The number of hydrogen-bond donors (Lipinski definition) is 2. The van der Waals surface area contributed by atoms with Crippen molar-refractivity contribution in [3.8, 4) is 17.2 Å². The SMILES string of the molecule is O=C(NCC[C@@H]1COc2ccccc2O1)c1cc(=O)n(-c2ccccc2)[nH]1. The van der Waals surface area contributed by atoms with Gasteiger partial charge in [-0.25, -0.2) is 4.68 Å². The summed E-state index contributed by atoms with van der Waals surface area (Å²) in [5, 5.41) is 5.64. The van der Waals surface area contributed by atoms with E-state index in [-0.39, 0.29) is 23.3 Å². The molecule has 0 saturated carbocycles. The van der Waals surface area contributed by atoms with Gasteiger partial charge in [-0.3, -0.25) is 14.7 Å². The third kappa shape index (κ3) is 3.72. The molecule has 0 radical (unpaired) electrons. The average molecular weight is 365 g/mol. The molecule has 2 heterocycles. The molecule has 0 saturated heterocycles. The van der Waals surface area contributed by atoms with Crippen molar-refractivity contribution in [3.05, 3.63) is 76.7 Å². The maximum Gasteiger partial charge on any atom is 0.271 e. The molecule has 1 aliphatic heterocycles. The lowest BCUT2D eigenvalue weighted by Gasteiger charge is -2.26. The lowest BCUT2D eigenvalue weighted by atomic mass is 10.2. The molecule has 0 bridgehead atoms. The second kappa shape index (κ2) is 7.41. The van der Waals surface area contributed by atoms with E-state index in [1.807, 2.05) is 42.5 Å². The highest BCUT2D eigenvalue weighted by Gasteiger charge is 2.20. The largest absolute Gasteiger partial charge is 0.486 e. The monoisotopic (exact) mass is 365 g/mol. The minimum atomic E-state index is -0.334. The third-order valence-electron chi connectivity index (χ3n) is 4.30. The zero-order valence-electron chi connectivity index (χ0n) is 14.6. The Kier molecular flexibility index (Phi) is 4.65. The topological polar surface area (TPSA) is 85.3 Å². The number of aromatic amines is 1. The number of hydrogen-bond acceptors (Lipinski definition) is 4. The van der Waals surface area contributed by atoms with Gasteiger partial charge in [-0.15, -0.1) is 0 Å². The number of aromatic nitrogens is 2. The molecule has 138 valence electrons. The van der Waals surface area contributed by atoms with Crippen LogP contribution in [-0.4, -0.2) is 34.9 Å². The molecule has 0 unspecified atom stereocenters. The van der Waals surface area contributed by atoms with Gasteiger partial charge < -0.3 is 14.8 Å². The average Bonchev–Trinajstić information content (AvgIpc) is 3.10. The van der Waals surface area contributed by atoms with Gasteiger partial charge in [-0.05, 0) is 24.3 Å². The fourth-order valence-corrected chi connectivity index (χ4v) is 2.93. The summed E-state index contributed by atoms with van der Waals surface area (Å²) in [6.07, 6.45) is 0.470. The Morgan fingerprint density at radius 2 is 1.85 bits per heavy atom. The van der Waals surface area contributed by atoms with Crippen molar-refractivity contribution in [3.63, 3.8) is 0 Å². The highest BCUT2D eigenvalue weighted by molar-refractivity contribution is 5.92. The molecule has 1 atom stereocenters. The van der Waals surface area contributed by atoms with Crippen molar-refractivity contribution in [1.29, 1.82) is 0 Å². The van der Waals surface area contributed by atoms with Crippen LogP contribution in [0.15, 0.2) is 65.5 Å². The molecule has 0 aliphatic carbocycles. The minimum Gasteiger partial charge on any atom is -0.486 e. The van der Waals surface area contributed by atoms with Gasteiger partial charge in [-0.2, -0.15) is 0 Å². The summed E-state index contributed by atoms with van der Waals surface area (Å²) in [6.45, 7) is 0.849. The standard InChI is InChI=1S/C20H19N3O4/c24-19-12-16(22-23(19)14-6-2-1-3-7-14)20(25)21-11-10-15-13-26-17-8-4-5-9-18(17)27-15/h1-9,12,15,22H,10-11,13H2,(H,21,25)/t15-/m1/s1. The quantitative estimate of drug-likeness (QED) is 0.725. The van der Waals surface area contributed by atoms with Crippen LogP contribution in [0.25, 0.3) is 5.69 Å². The summed E-state index contributed by atoms with van der Waals surface area (Å²) in [7, 11) is 0. The second-order valence-corrected chi connectivity index (χ2v) is 6.22. The first-order valence-electron chi connectivity index (χ1n) is 8.75. The van der Waals surface area contributed by atoms with Crippen LogP contribution in [-0.2, 0) is 0 Å². The summed E-state index contributed by atoms with van der Waals surface area (Å²) >= 11 is 0. The number of carbonyl (C=O) groups excluding carboxylic acids is 1. The highest BCUT2D eigenvalue weighted by atomic mass is 16.6. The van der Waals surface area contributed by atoms with E-state index >= 15 is 0 Å². The van der Waals surface area contributed by atoms with Gasteiger partial charge in [-0.1, -0.05) is 30.3 Å². The minimum absolute atomic E-state index is 0.131. The molecule has 3 aromatic rings. The van der Waals surface area contributed by atoms with Crippen LogP contribution in [0.1, 0.15) is 16.9 Å². The van der Waals surface area contributed by atoms with Gasteiger partial charge in [0.05, 0.1) is 5.69 Å². The van der Waals surface area contributed by atoms with E-state index in [1.165, 1.54) is 10.7 Å². The van der Waals surface area contributed by atoms with Gasteiger partial charge in [0.25, 0.3) is 11.5 Å². The van der Waals surface area contributed by atoms with Crippen molar-refractivity contribution in [2.24, 2.45) is 0 Å². The van der Waals surface area contributed by atoms with Gasteiger partial charge in [0, 0.05) is 19.0 Å². The van der Waals surface area contributed by atoms with Crippen LogP contribution in [0.3, 0.4) is 0 Å². The molecule has 1 aliphatic rings. The summed E-state index contributed by atoms with van der Waals surface area (Å²) in [6, 6.07) is 17.9. The molecule has 1 aromatic heterocycles. The molecule has 0 spiro atoms. The van der Waals surface area contributed by atoms with E-state index < -0.39 is 0 Å². The van der Waals surface area contributed by atoms with Crippen molar-refractivity contribution >= 4 is 5.91 Å². The molecule has 1 amide bonds.